The lowest BCUT2D eigenvalue weighted by atomic mass is 10.0. The van der Waals surface area contributed by atoms with Gasteiger partial charge in [0.1, 0.15) is 0 Å². The van der Waals surface area contributed by atoms with Crippen LogP contribution < -0.4 is 0 Å². The topological polar surface area (TPSA) is 20.2 Å². The Morgan fingerprint density at radius 3 is 1.47 bits per heavy atom. The molecule has 0 aromatic carbocycles. The van der Waals surface area contributed by atoms with Crippen LogP contribution >= 0.6 is 0 Å². The Labute approximate surface area is 91.5 Å². The third-order valence-corrected chi connectivity index (χ3v) is 2.53. The van der Waals surface area contributed by atoms with Gasteiger partial charge in [-0.05, 0) is 6.04 Å². The predicted octanol–water partition coefficient (Wildman–Crippen LogP) is 2.34. The monoisotopic (exact) mass is 294 g/mol. The van der Waals surface area contributed by atoms with Crippen molar-refractivity contribution < 1.29 is 44.3 Å². The number of hydrogen-bond donors (Lipinski definition) is 1. The van der Waals surface area contributed by atoms with Crippen LogP contribution in [0, 0.1) is 0 Å². The first-order chi connectivity index (χ1) is 7.31. The molecule has 0 bridgehead atoms. The molecule has 0 saturated carbocycles. The summed E-state index contributed by atoms with van der Waals surface area (Å²) in [5.74, 6) is -18.9. The summed E-state index contributed by atoms with van der Waals surface area (Å²) in [6.45, 7) is 0. The summed E-state index contributed by atoms with van der Waals surface area (Å²) < 4.78 is 109. The van der Waals surface area contributed by atoms with E-state index in [1.54, 1.807) is 0 Å². The van der Waals surface area contributed by atoms with Crippen LogP contribution in [0.4, 0.5) is 39.5 Å². The third kappa shape index (κ3) is 2.87. The first-order valence-electron chi connectivity index (χ1n) is 4.12. The lowest BCUT2D eigenvalue weighted by Gasteiger charge is -2.33. The molecule has 0 aromatic heterocycles. The summed E-state index contributed by atoms with van der Waals surface area (Å²) in [5.41, 5.74) is 0. The molecule has 0 amide bonds. The van der Waals surface area contributed by atoms with Crippen molar-refractivity contribution >= 4 is 9.76 Å². The molecule has 0 unspecified atom stereocenters. The van der Waals surface area contributed by atoms with Gasteiger partial charge in [0.15, 0.2) is 9.76 Å². The third-order valence-electron chi connectivity index (χ3n) is 1.86. The van der Waals surface area contributed by atoms with E-state index in [1.807, 2.05) is 0 Å². The highest BCUT2D eigenvalue weighted by atomic mass is 28.2. The smallest absolute Gasteiger partial charge is 0.438 e. The molecule has 0 aliphatic carbocycles. The minimum atomic E-state index is -6.83. The summed E-state index contributed by atoms with van der Waals surface area (Å²) in [5, 5.41) is 0. The quantitative estimate of drug-likeness (QED) is 0.609. The average molecular weight is 294 g/mol. The normalized spacial score (nSPS) is 15.9. The maximum Gasteiger partial charge on any atom is 0.460 e. The van der Waals surface area contributed by atoms with Crippen LogP contribution in [0.2, 0.25) is 6.04 Å². The van der Waals surface area contributed by atoms with E-state index in [1.165, 1.54) is 0 Å². The highest BCUT2D eigenvalue weighted by molar-refractivity contribution is 6.25. The van der Waals surface area contributed by atoms with E-state index >= 15 is 0 Å². The highest BCUT2D eigenvalue weighted by Crippen LogP contribution is 2.54. The zero-order valence-electron chi connectivity index (χ0n) is 7.97. The molecule has 11 heteroatoms. The molecule has 0 spiro atoms. The van der Waals surface area contributed by atoms with Crippen molar-refractivity contribution in [2.45, 2.75) is 36.4 Å². The van der Waals surface area contributed by atoms with Gasteiger partial charge >= 0.3 is 23.9 Å². The Kier molecular flexibility index (Phi) is 4.54. The van der Waals surface area contributed by atoms with E-state index in [2.05, 4.69) is 0 Å². The fourth-order valence-corrected chi connectivity index (χ4v) is 1.47. The predicted molar refractivity (Wildman–Crippen MR) is 41.1 cm³/mol. The number of halogens is 9. The fraction of sp³-hybridized carbons (Fsp3) is 1.00. The molecule has 0 aliphatic rings. The van der Waals surface area contributed by atoms with E-state index in [9.17, 15) is 39.5 Å². The van der Waals surface area contributed by atoms with Gasteiger partial charge in [-0.15, -0.1) is 0 Å². The van der Waals surface area contributed by atoms with Crippen LogP contribution in [0.3, 0.4) is 0 Å². The number of hydrogen-bond acceptors (Lipinski definition) is 1. The Morgan fingerprint density at radius 2 is 1.18 bits per heavy atom. The van der Waals surface area contributed by atoms with Crippen LogP contribution in [0.5, 0.6) is 0 Å². The molecule has 0 rings (SSSR count). The number of rotatable bonds is 5. The van der Waals surface area contributed by atoms with Crippen LogP contribution in [-0.4, -0.2) is 38.5 Å². The van der Waals surface area contributed by atoms with Gasteiger partial charge in [0.2, 0.25) is 0 Å². The van der Waals surface area contributed by atoms with Gasteiger partial charge in [-0.2, -0.15) is 39.5 Å². The van der Waals surface area contributed by atoms with Crippen molar-refractivity contribution in [3.8, 4) is 0 Å². The van der Waals surface area contributed by atoms with E-state index in [0.717, 1.165) is 0 Å². The molecule has 0 radical (unpaired) electrons. The number of alkyl halides is 9. The van der Waals surface area contributed by atoms with E-state index in [4.69, 9.17) is 4.80 Å². The second kappa shape index (κ2) is 4.67. The maximum atomic E-state index is 12.6. The van der Waals surface area contributed by atoms with E-state index < -0.39 is 46.2 Å². The van der Waals surface area contributed by atoms with Crippen molar-refractivity contribution in [3.63, 3.8) is 0 Å². The molecule has 0 saturated heterocycles. The van der Waals surface area contributed by atoms with Gasteiger partial charge in [-0.3, -0.25) is 0 Å². The van der Waals surface area contributed by atoms with Crippen molar-refractivity contribution in [1.82, 2.24) is 0 Å². The van der Waals surface area contributed by atoms with Crippen LogP contribution in [0.1, 0.15) is 6.42 Å². The summed E-state index contributed by atoms with van der Waals surface area (Å²) in [6.07, 6.45) is -8.70. The standard InChI is InChI=1S/C6H7F9OSi/c7-3(8,1-2-17-16)4(9,10)5(11,12)6(13,14)15/h16H,1-2,17H2. The molecule has 0 heterocycles. The molecule has 0 fully saturated rings. The molecule has 0 aliphatic heterocycles. The van der Waals surface area contributed by atoms with E-state index in [0.29, 0.717) is 0 Å². The Balaban J connectivity index is 5.24. The SMILES string of the molecule is O[SiH2]CCC(F)(F)C(F)(F)C(F)(F)C(F)(F)F. The minimum absolute atomic E-state index is 0.892. The molecular formula is C6H7F9OSi. The van der Waals surface area contributed by atoms with Crippen molar-refractivity contribution in [3.05, 3.63) is 0 Å². The Bertz CT molecular complexity index is 261. The largest absolute Gasteiger partial charge is 0.460 e. The highest BCUT2D eigenvalue weighted by Gasteiger charge is 2.81. The summed E-state index contributed by atoms with van der Waals surface area (Å²) >= 11 is 0. The average Bonchev–Trinajstić information content (AvgIpc) is 2.12. The van der Waals surface area contributed by atoms with Crippen LogP contribution in [0.15, 0.2) is 0 Å². The van der Waals surface area contributed by atoms with Gasteiger partial charge in [-0.25, -0.2) is 0 Å². The van der Waals surface area contributed by atoms with E-state index in [-0.39, 0.29) is 0 Å². The molecular weight excluding hydrogens is 287 g/mol. The van der Waals surface area contributed by atoms with Gasteiger partial charge in [0, 0.05) is 6.42 Å². The summed E-state index contributed by atoms with van der Waals surface area (Å²) in [4.78, 5) is 8.21. The van der Waals surface area contributed by atoms with Crippen LogP contribution in [0.25, 0.3) is 0 Å². The zero-order valence-corrected chi connectivity index (χ0v) is 9.38. The van der Waals surface area contributed by atoms with Gasteiger partial charge in [0.25, 0.3) is 0 Å². The molecule has 17 heavy (non-hydrogen) atoms. The lowest BCUT2D eigenvalue weighted by Crippen LogP contribution is -2.60. The lowest BCUT2D eigenvalue weighted by molar-refractivity contribution is -0.396. The van der Waals surface area contributed by atoms with Crippen LogP contribution in [-0.2, 0) is 0 Å². The van der Waals surface area contributed by atoms with Gasteiger partial charge in [-0.1, -0.05) is 0 Å². The molecule has 1 nitrogen and oxygen atoms in total. The first-order valence-corrected chi connectivity index (χ1v) is 5.75. The fourth-order valence-electron chi connectivity index (χ4n) is 0.866. The van der Waals surface area contributed by atoms with Gasteiger partial charge in [0.05, 0.1) is 0 Å². The Morgan fingerprint density at radius 1 is 0.765 bits per heavy atom. The maximum absolute atomic E-state index is 12.6. The van der Waals surface area contributed by atoms with Crippen molar-refractivity contribution in [2.24, 2.45) is 0 Å². The zero-order chi connectivity index (χ0) is 14.1. The summed E-state index contributed by atoms with van der Waals surface area (Å²) in [6, 6.07) is -0.892. The second-order valence-electron chi connectivity index (χ2n) is 3.18. The molecule has 0 atom stereocenters. The molecule has 1 N–H and O–H groups in total. The molecule has 0 aromatic rings. The molecule has 104 valence electrons. The first kappa shape index (κ1) is 16.5. The second-order valence-corrected chi connectivity index (χ2v) is 4.33. The van der Waals surface area contributed by atoms with Crippen molar-refractivity contribution in [2.75, 3.05) is 0 Å². The summed E-state index contributed by atoms with van der Waals surface area (Å²) in [7, 11) is -2.14. The van der Waals surface area contributed by atoms with Crippen molar-refractivity contribution in [1.29, 1.82) is 0 Å². The van der Waals surface area contributed by atoms with Gasteiger partial charge < -0.3 is 4.80 Å². The Hall–Kier alpha value is -0.453. The minimum Gasteiger partial charge on any atom is -0.438 e.